The molecule has 1 atom stereocenters. The Morgan fingerprint density at radius 2 is 1.56 bits per heavy atom. The average molecular weight is 431 g/mol. The standard InChI is InChI=1S/C28H34N2O2/c1-5-26(28(32)29-20(2)3)30(19-24-13-7-6-11-21(24)4)27(31)18-17-23-15-10-14-22-12-8-9-16-25(22)23/h6-16,20,26H,5,17-19H2,1-4H3,(H,29,32)/t26-/m0/s1. The number of hydrogen-bond acceptors (Lipinski definition) is 2. The van der Waals surface area contributed by atoms with E-state index in [0.717, 1.165) is 16.7 Å². The van der Waals surface area contributed by atoms with Crippen molar-refractivity contribution in [3.05, 3.63) is 83.4 Å². The summed E-state index contributed by atoms with van der Waals surface area (Å²) in [7, 11) is 0. The zero-order valence-electron chi connectivity index (χ0n) is 19.6. The molecule has 0 heterocycles. The number of carbonyl (C=O) groups is 2. The van der Waals surface area contributed by atoms with Crippen molar-refractivity contribution < 1.29 is 9.59 Å². The lowest BCUT2D eigenvalue weighted by Gasteiger charge is -2.31. The van der Waals surface area contributed by atoms with Crippen molar-refractivity contribution in [1.82, 2.24) is 10.2 Å². The lowest BCUT2D eigenvalue weighted by atomic mass is 10.00. The second-order valence-electron chi connectivity index (χ2n) is 8.67. The van der Waals surface area contributed by atoms with E-state index in [4.69, 9.17) is 0 Å². The van der Waals surface area contributed by atoms with E-state index in [1.807, 2.05) is 70.2 Å². The minimum Gasteiger partial charge on any atom is -0.352 e. The number of carbonyl (C=O) groups excluding carboxylic acids is 2. The SMILES string of the molecule is CC[C@@H](C(=O)NC(C)C)N(Cc1ccccc1C)C(=O)CCc1cccc2ccccc12. The molecule has 0 fully saturated rings. The summed E-state index contributed by atoms with van der Waals surface area (Å²) >= 11 is 0. The molecule has 0 unspecified atom stereocenters. The normalized spacial score (nSPS) is 12.0. The molecule has 168 valence electrons. The average Bonchev–Trinajstić information content (AvgIpc) is 2.78. The highest BCUT2D eigenvalue weighted by molar-refractivity contribution is 5.89. The molecule has 0 aromatic heterocycles. The summed E-state index contributed by atoms with van der Waals surface area (Å²) in [6.07, 6.45) is 1.59. The van der Waals surface area contributed by atoms with Crippen molar-refractivity contribution in [2.75, 3.05) is 0 Å². The van der Waals surface area contributed by atoms with Crippen molar-refractivity contribution >= 4 is 22.6 Å². The predicted octanol–water partition coefficient (Wildman–Crippen LogP) is 5.41. The Bertz CT molecular complexity index is 1070. The molecule has 0 aliphatic heterocycles. The first kappa shape index (κ1) is 23.5. The first-order valence-corrected chi connectivity index (χ1v) is 11.5. The molecule has 3 aromatic carbocycles. The van der Waals surface area contributed by atoms with Gasteiger partial charge in [-0.15, -0.1) is 0 Å². The van der Waals surface area contributed by atoms with Crippen LogP contribution in [0.2, 0.25) is 0 Å². The van der Waals surface area contributed by atoms with Crippen LogP contribution >= 0.6 is 0 Å². The highest BCUT2D eigenvalue weighted by atomic mass is 16.2. The van der Waals surface area contributed by atoms with Crippen LogP contribution in [0.3, 0.4) is 0 Å². The maximum atomic E-state index is 13.5. The predicted molar refractivity (Wildman–Crippen MR) is 131 cm³/mol. The highest BCUT2D eigenvalue weighted by Crippen LogP contribution is 2.22. The Morgan fingerprint density at radius 1 is 0.906 bits per heavy atom. The molecule has 32 heavy (non-hydrogen) atoms. The molecule has 4 nitrogen and oxygen atoms in total. The van der Waals surface area contributed by atoms with Crippen LogP contribution in [0.25, 0.3) is 10.8 Å². The fourth-order valence-electron chi connectivity index (χ4n) is 4.17. The lowest BCUT2D eigenvalue weighted by molar-refractivity contribution is -0.141. The van der Waals surface area contributed by atoms with E-state index >= 15 is 0 Å². The van der Waals surface area contributed by atoms with Crippen LogP contribution in [0.4, 0.5) is 0 Å². The third kappa shape index (κ3) is 5.76. The monoisotopic (exact) mass is 430 g/mol. The van der Waals surface area contributed by atoms with E-state index in [1.54, 1.807) is 4.90 Å². The smallest absolute Gasteiger partial charge is 0.243 e. The third-order valence-corrected chi connectivity index (χ3v) is 5.91. The second kappa shape index (κ2) is 10.9. The number of rotatable bonds is 9. The summed E-state index contributed by atoms with van der Waals surface area (Å²) in [5.74, 6) is -0.0819. The quantitative estimate of drug-likeness (QED) is 0.493. The van der Waals surface area contributed by atoms with Gasteiger partial charge in [0, 0.05) is 19.0 Å². The van der Waals surface area contributed by atoms with E-state index in [1.165, 1.54) is 10.8 Å². The van der Waals surface area contributed by atoms with Crippen LogP contribution in [-0.4, -0.2) is 28.8 Å². The van der Waals surface area contributed by atoms with Crippen LogP contribution in [0.1, 0.15) is 50.3 Å². The molecule has 0 aliphatic carbocycles. The van der Waals surface area contributed by atoms with Crippen molar-refractivity contribution in [2.45, 2.75) is 65.6 Å². The van der Waals surface area contributed by atoms with Gasteiger partial charge in [-0.3, -0.25) is 9.59 Å². The van der Waals surface area contributed by atoms with Gasteiger partial charge in [-0.25, -0.2) is 0 Å². The summed E-state index contributed by atoms with van der Waals surface area (Å²) in [6.45, 7) is 8.33. The number of nitrogens with zero attached hydrogens (tertiary/aromatic N) is 1. The number of amides is 2. The number of aryl methyl sites for hydroxylation is 2. The maximum absolute atomic E-state index is 13.5. The van der Waals surface area contributed by atoms with Gasteiger partial charge in [0.25, 0.3) is 0 Å². The fourth-order valence-corrected chi connectivity index (χ4v) is 4.17. The molecule has 3 aromatic rings. The molecule has 0 radical (unpaired) electrons. The molecular weight excluding hydrogens is 396 g/mol. The molecule has 0 saturated heterocycles. The molecule has 1 N–H and O–H groups in total. The van der Waals surface area contributed by atoms with Crippen molar-refractivity contribution in [2.24, 2.45) is 0 Å². The van der Waals surface area contributed by atoms with Gasteiger partial charge in [0.15, 0.2) is 0 Å². The van der Waals surface area contributed by atoms with Crippen LogP contribution in [0.15, 0.2) is 66.7 Å². The van der Waals surface area contributed by atoms with Crippen molar-refractivity contribution in [3.8, 4) is 0 Å². The minimum atomic E-state index is -0.489. The Hall–Kier alpha value is -3.14. The molecule has 3 rings (SSSR count). The first-order chi connectivity index (χ1) is 15.4. The van der Waals surface area contributed by atoms with E-state index in [9.17, 15) is 9.59 Å². The zero-order chi connectivity index (χ0) is 23.1. The van der Waals surface area contributed by atoms with Crippen LogP contribution in [-0.2, 0) is 22.6 Å². The third-order valence-electron chi connectivity index (χ3n) is 5.91. The summed E-state index contributed by atoms with van der Waals surface area (Å²) < 4.78 is 0. The molecule has 0 aliphatic rings. The number of fused-ring (bicyclic) bond motifs is 1. The molecule has 0 saturated carbocycles. The molecule has 0 bridgehead atoms. The van der Waals surface area contributed by atoms with E-state index < -0.39 is 6.04 Å². The second-order valence-corrected chi connectivity index (χ2v) is 8.67. The minimum absolute atomic E-state index is 0.00643. The molecule has 0 spiro atoms. The number of hydrogen-bond donors (Lipinski definition) is 1. The van der Waals surface area contributed by atoms with Gasteiger partial charge >= 0.3 is 0 Å². The number of benzene rings is 3. The molecule has 4 heteroatoms. The van der Waals surface area contributed by atoms with Gasteiger partial charge in [0.05, 0.1) is 0 Å². The Balaban J connectivity index is 1.84. The van der Waals surface area contributed by atoms with Crippen molar-refractivity contribution in [3.63, 3.8) is 0 Å². The lowest BCUT2D eigenvalue weighted by Crippen LogP contribution is -2.50. The van der Waals surface area contributed by atoms with Gasteiger partial charge in [-0.1, -0.05) is 73.7 Å². The Morgan fingerprint density at radius 3 is 2.28 bits per heavy atom. The highest BCUT2D eigenvalue weighted by Gasteiger charge is 2.29. The van der Waals surface area contributed by atoms with Crippen molar-refractivity contribution in [1.29, 1.82) is 0 Å². The Kier molecular flexibility index (Phi) is 8.04. The summed E-state index contributed by atoms with van der Waals surface area (Å²) in [5, 5.41) is 5.35. The van der Waals surface area contributed by atoms with E-state index in [-0.39, 0.29) is 17.9 Å². The van der Waals surface area contributed by atoms with E-state index in [2.05, 4.69) is 29.6 Å². The summed E-state index contributed by atoms with van der Waals surface area (Å²) in [5.41, 5.74) is 3.35. The topological polar surface area (TPSA) is 49.4 Å². The fraction of sp³-hybridized carbons (Fsp3) is 0.357. The van der Waals surface area contributed by atoms with E-state index in [0.29, 0.717) is 25.8 Å². The van der Waals surface area contributed by atoms with Gasteiger partial charge < -0.3 is 10.2 Å². The zero-order valence-corrected chi connectivity index (χ0v) is 19.6. The largest absolute Gasteiger partial charge is 0.352 e. The van der Waals surface area contributed by atoms with Gasteiger partial charge in [-0.2, -0.15) is 0 Å². The van der Waals surface area contributed by atoms with Gasteiger partial charge in [0.2, 0.25) is 11.8 Å². The van der Waals surface area contributed by atoms with Gasteiger partial charge in [0.1, 0.15) is 6.04 Å². The van der Waals surface area contributed by atoms with Gasteiger partial charge in [-0.05, 0) is 61.1 Å². The molecular formula is C28H34N2O2. The Labute approximate surface area is 191 Å². The number of nitrogens with one attached hydrogen (secondary N) is 1. The first-order valence-electron chi connectivity index (χ1n) is 11.5. The van der Waals surface area contributed by atoms with Crippen LogP contribution < -0.4 is 5.32 Å². The van der Waals surface area contributed by atoms with Crippen LogP contribution in [0, 0.1) is 6.92 Å². The summed E-state index contributed by atoms with van der Waals surface area (Å²) in [4.78, 5) is 28.2. The molecule has 2 amide bonds. The summed E-state index contributed by atoms with van der Waals surface area (Å²) in [6, 6.07) is 22.1. The van der Waals surface area contributed by atoms with Crippen LogP contribution in [0.5, 0.6) is 0 Å². The maximum Gasteiger partial charge on any atom is 0.243 e.